The van der Waals surface area contributed by atoms with Crippen molar-refractivity contribution in [1.29, 1.82) is 0 Å². The summed E-state index contributed by atoms with van der Waals surface area (Å²) in [6.45, 7) is 0. The van der Waals surface area contributed by atoms with E-state index in [-0.39, 0.29) is 5.82 Å². The lowest BCUT2D eigenvalue weighted by molar-refractivity contribution is 0.517. The number of nitrogens with zero attached hydrogens (tertiary/aromatic N) is 1. The van der Waals surface area contributed by atoms with E-state index in [1.165, 1.54) is 11.6 Å². The molecule has 1 aromatic carbocycles. The van der Waals surface area contributed by atoms with Gasteiger partial charge in [-0.2, -0.15) is 0 Å². The third-order valence-corrected chi connectivity index (χ3v) is 3.77. The Morgan fingerprint density at radius 2 is 2.15 bits per heavy atom. The second-order valence-electron chi connectivity index (χ2n) is 4.87. The molecule has 106 valence electrons. The molecular formula is C16H18BrFN2. The maximum Gasteiger partial charge on any atom is 0.124 e. The summed E-state index contributed by atoms with van der Waals surface area (Å²) in [5.74, 6) is -0.198. The average Bonchev–Trinajstić information content (AvgIpc) is 2.43. The molecular weight excluding hydrogens is 319 g/mol. The molecule has 1 N–H and O–H groups in total. The number of nitrogens with one attached hydrogen (secondary N) is 1. The zero-order valence-corrected chi connectivity index (χ0v) is 13.0. The Morgan fingerprint density at radius 3 is 2.80 bits per heavy atom. The molecule has 0 aliphatic carbocycles. The van der Waals surface area contributed by atoms with Crippen molar-refractivity contribution < 1.29 is 4.39 Å². The van der Waals surface area contributed by atoms with Crippen molar-refractivity contribution in [3.8, 4) is 0 Å². The number of likely N-dealkylation sites (N-methyl/N-ethyl adjacent to an activating group) is 1. The smallest absolute Gasteiger partial charge is 0.124 e. The molecule has 0 spiro atoms. The van der Waals surface area contributed by atoms with Gasteiger partial charge in [0.25, 0.3) is 0 Å². The monoisotopic (exact) mass is 336 g/mol. The van der Waals surface area contributed by atoms with Gasteiger partial charge in [-0.25, -0.2) is 4.39 Å². The predicted molar refractivity (Wildman–Crippen MR) is 83.2 cm³/mol. The SMILES string of the molecule is CNC(CCc1cccnc1)Cc1cc(F)cc(Br)c1. The Hall–Kier alpha value is -1.26. The fourth-order valence-corrected chi connectivity index (χ4v) is 2.76. The Morgan fingerprint density at radius 1 is 1.30 bits per heavy atom. The van der Waals surface area contributed by atoms with Gasteiger partial charge in [0, 0.05) is 22.9 Å². The van der Waals surface area contributed by atoms with Crippen molar-refractivity contribution in [2.45, 2.75) is 25.3 Å². The van der Waals surface area contributed by atoms with E-state index in [0.717, 1.165) is 29.3 Å². The molecule has 0 amide bonds. The van der Waals surface area contributed by atoms with Crippen LogP contribution in [0, 0.1) is 5.82 Å². The van der Waals surface area contributed by atoms with Crippen LogP contribution in [0.15, 0.2) is 47.2 Å². The molecule has 2 nitrogen and oxygen atoms in total. The quantitative estimate of drug-likeness (QED) is 0.868. The number of aromatic nitrogens is 1. The summed E-state index contributed by atoms with van der Waals surface area (Å²) < 4.78 is 14.2. The summed E-state index contributed by atoms with van der Waals surface area (Å²) in [6, 6.07) is 9.40. The first-order valence-corrected chi connectivity index (χ1v) is 7.48. The highest BCUT2D eigenvalue weighted by Crippen LogP contribution is 2.17. The van der Waals surface area contributed by atoms with Gasteiger partial charge in [-0.05, 0) is 61.7 Å². The van der Waals surface area contributed by atoms with Crippen LogP contribution in [0.4, 0.5) is 4.39 Å². The Balaban J connectivity index is 1.95. The second-order valence-corrected chi connectivity index (χ2v) is 5.78. The maximum atomic E-state index is 13.4. The Labute approximate surface area is 127 Å². The van der Waals surface area contributed by atoms with Crippen molar-refractivity contribution in [3.63, 3.8) is 0 Å². The van der Waals surface area contributed by atoms with Crippen LogP contribution in [0.25, 0.3) is 0 Å². The van der Waals surface area contributed by atoms with Crippen LogP contribution in [-0.4, -0.2) is 18.1 Å². The van der Waals surface area contributed by atoms with Crippen LogP contribution in [0.5, 0.6) is 0 Å². The lowest BCUT2D eigenvalue weighted by Gasteiger charge is -2.16. The zero-order valence-electron chi connectivity index (χ0n) is 11.4. The molecule has 1 atom stereocenters. The number of pyridine rings is 1. The third-order valence-electron chi connectivity index (χ3n) is 3.32. The standard InChI is InChI=1S/C16H18BrFN2/c1-19-16(5-4-12-3-2-6-20-11-12)9-13-7-14(17)10-15(18)8-13/h2-3,6-8,10-11,16,19H,4-5,9H2,1H3. The summed E-state index contributed by atoms with van der Waals surface area (Å²) in [6.07, 6.45) is 6.45. The van der Waals surface area contributed by atoms with Crippen molar-refractivity contribution in [1.82, 2.24) is 10.3 Å². The van der Waals surface area contributed by atoms with Crippen molar-refractivity contribution in [2.24, 2.45) is 0 Å². The fraction of sp³-hybridized carbons (Fsp3) is 0.312. The maximum absolute atomic E-state index is 13.4. The van der Waals surface area contributed by atoms with E-state index in [1.54, 1.807) is 12.3 Å². The number of halogens is 2. The normalized spacial score (nSPS) is 12.3. The number of hydrogen-bond acceptors (Lipinski definition) is 2. The van der Waals surface area contributed by atoms with Gasteiger partial charge in [0.2, 0.25) is 0 Å². The zero-order chi connectivity index (χ0) is 14.4. The average molecular weight is 337 g/mol. The first kappa shape index (κ1) is 15.1. The van der Waals surface area contributed by atoms with E-state index >= 15 is 0 Å². The number of aryl methyl sites for hydroxylation is 1. The van der Waals surface area contributed by atoms with E-state index in [1.807, 2.05) is 25.4 Å². The van der Waals surface area contributed by atoms with Crippen molar-refractivity contribution >= 4 is 15.9 Å². The van der Waals surface area contributed by atoms with Gasteiger partial charge < -0.3 is 5.32 Å². The van der Waals surface area contributed by atoms with Crippen LogP contribution in [0.3, 0.4) is 0 Å². The first-order chi connectivity index (χ1) is 9.67. The van der Waals surface area contributed by atoms with Crippen LogP contribution in [0.1, 0.15) is 17.5 Å². The summed E-state index contributed by atoms with van der Waals surface area (Å²) in [5, 5.41) is 3.30. The molecule has 2 aromatic rings. The second kappa shape index (κ2) is 7.50. The van der Waals surface area contributed by atoms with Crippen LogP contribution in [0.2, 0.25) is 0 Å². The minimum Gasteiger partial charge on any atom is -0.317 e. The van der Waals surface area contributed by atoms with Gasteiger partial charge in [-0.3, -0.25) is 4.98 Å². The third kappa shape index (κ3) is 4.69. The van der Waals surface area contributed by atoms with Crippen LogP contribution in [-0.2, 0) is 12.8 Å². The van der Waals surface area contributed by atoms with E-state index in [9.17, 15) is 4.39 Å². The van der Waals surface area contributed by atoms with Gasteiger partial charge in [0.05, 0.1) is 0 Å². The Kier molecular flexibility index (Phi) is 5.68. The summed E-state index contributed by atoms with van der Waals surface area (Å²) in [7, 11) is 1.95. The van der Waals surface area contributed by atoms with Gasteiger partial charge >= 0.3 is 0 Å². The first-order valence-electron chi connectivity index (χ1n) is 6.68. The molecule has 0 aliphatic heterocycles. The minimum absolute atomic E-state index is 0.198. The van der Waals surface area contributed by atoms with Gasteiger partial charge in [-0.1, -0.05) is 22.0 Å². The topological polar surface area (TPSA) is 24.9 Å². The number of rotatable bonds is 6. The molecule has 1 aromatic heterocycles. The lowest BCUT2D eigenvalue weighted by Crippen LogP contribution is -2.28. The summed E-state index contributed by atoms with van der Waals surface area (Å²) in [4.78, 5) is 4.12. The van der Waals surface area contributed by atoms with Gasteiger partial charge in [0.1, 0.15) is 5.82 Å². The van der Waals surface area contributed by atoms with Crippen LogP contribution < -0.4 is 5.32 Å². The van der Waals surface area contributed by atoms with Gasteiger partial charge in [-0.15, -0.1) is 0 Å². The molecule has 0 aliphatic rings. The highest BCUT2D eigenvalue weighted by Gasteiger charge is 2.09. The molecule has 0 saturated carbocycles. The number of benzene rings is 1. The molecule has 20 heavy (non-hydrogen) atoms. The molecule has 0 bridgehead atoms. The molecule has 1 heterocycles. The number of hydrogen-bond donors (Lipinski definition) is 1. The predicted octanol–water partition coefficient (Wildman–Crippen LogP) is 3.75. The van der Waals surface area contributed by atoms with E-state index in [2.05, 4.69) is 32.3 Å². The van der Waals surface area contributed by atoms with E-state index < -0.39 is 0 Å². The lowest BCUT2D eigenvalue weighted by atomic mass is 10.00. The summed E-state index contributed by atoms with van der Waals surface area (Å²) >= 11 is 3.33. The summed E-state index contributed by atoms with van der Waals surface area (Å²) in [5.41, 5.74) is 2.23. The molecule has 4 heteroatoms. The molecule has 0 fully saturated rings. The largest absolute Gasteiger partial charge is 0.317 e. The highest BCUT2D eigenvalue weighted by molar-refractivity contribution is 9.10. The minimum atomic E-state index is -0.198. The van der Waals surface area contributed by atoms with E-state index in [4.69, 9.17) is 0 Å². The van der Waals surface area contributed by atoms with Crippen molar-refractivity contribution in [2.75, 3.05) is 7.05 Å². The molecule has 0 saturated heterocycles. The fourth-order valence-electron chi connectivity index (χ4n) is 2.25. The van der Waals surface area contributed by atoms with Gasteiger partial charge in [0.15, 0.2) is 0 Å². The highest BCUT2D eigenvalue weighted by atomic mass is 79.9. The van der Waals surface area contributed by atoms with E-state index in [0.29, 0.717) is 6.04 Å². The Bertz CT molecular complexity index is 525. The molecule has 1 unspecified atom stereocenters. The van der Waals surface area contributed by atoms with Crippen LogP contribution >= 0.6 is 15.9 Å². The molecule has 0 radical (unpaired) electrons. The van der Waals surface area contributed by atoms with Crippen molar-refractivity contribution in [3.05, 3.63) is 64.1 Å². The molecule has 2 rings (SSSR count).